The van der Waals surface area contributed by atoms with Crippen molar-refractivity contribution in [1.29, 1.82) is 0 Å². The number of aromatic nitrogens is 3. The van der Waals surface area contributed by atoms with Crippen molar-refractivity contribution in [3.8, 4) is 0 Å². The van der Waals surface area contributed by atoms with Crippen LogP contribution < -0.4 is 5.73 Å². The smallest absolute Gasteiger partial charge is 0.169 e. The van der Waals surface area contributed by atoms with E-state index in [2.05, 4.69) is 15.2 Å². The van der Waals surface area contributed by atoms with Gasteiger partial charge in [0.15, 0.2) is 5.82 Å². The second-order valence-electron chi connectivity index (χ2n) is 5.26. The van der Waals surface area contributed by atoms with Gasteiger partial charge < -0.3 is 10.6 Å². The zero-order chi connectivity index (χ0) is 11.7. The summed E-state index contributed by atoms with van der Waals surface area (Å²) in [5.74, 6) is 1.28. The first-order valence-electron chi connectivity index (χ1n) is 6.76. The minimum atomic E-state index is 0.631. The van der Waals surface area contributed by atoms with E-state index in [0.717, 1.165) is 13.1 Å². The van der Waals surface area contributed by atoms with Crippen molar-refractivity contribution in [3.05, 3.63) is 5.69 Å². The van der Waals surface area contributed by atoms with Gasteiger partial charge >= 0.3 is 0 Å². The molecule has 0 amide bonds. The van der Waals surface area contributed by atoms with E-state index >= 15 is 0 Å². The first-order valence-corrected chi connectivity index (χ1v) is 6.76. The summed E-state index contributed by atoms with van der Waals surface area (Å²) < 4.78 is 2.03. The van der Waals surface area contributed by atoms with Crippen molar-refractivity contribution in [2.24, 2.45) is 0 Å². The lowest BCUT2D eigenvalue weighted by Gasteiger charge is -2.26. The van der Waals surface area contributed by atoms with Crippen LogP contribution in [0.1, 0.15) is 43.7 Å². The topological polar surface area (TPSA) is 60.0 Å². The summed E-state index contributed by atoms with van der Waals surface area (Å²) in [5.41, 5.74) is 7.07. The molecular formula is C12H21N5. The van der Waals surface area contributed by atoms with E-state index in [-0.39, 0.29) is 0 Å². The van der Waals surface area contributed by atoms with E-state index in [4.69, 9.17) is 5.73 Å². The molecule has 0 aromatic carbocycles. The number of hydrogen-bond donors (Lipinski definition) is 1. The van der Waals surface area contributed by atoms with Gasteiger partial charge in [0.05, 0.1) is 12.2 Å². The van der Waals surface area contributed by atoms with E-state index in [9.17, 15) is 0 Å². The standard InChI is InChI=1S/C12H21N5/c13-12-11(10-4-5-10)17(15-14-12)9-8-16-6-2-1-3-7-16/h10H,1-9,13H2. The Morgan fingerprint density at radius 3 is 2.59 bits per heavy atom. The van der Waals surface area contributed by atoms with Crippen molar-refractivity contribution < 1.29 is 0 Å². The molecule has 1 aliphatic heterocycles. The molecule has 0 unspecified atom stereocenters. The van der Waals surface area contributed by atoms with Crippen LogP contribution in [-0.4, -0.2) is 39.5 Å². The molecule has 2 fully saturated rings. The van der Waals surface area contributed by atoms with Crippen LogP contribution in [0, 0.1) is 0 Å². The van der Waals surface area contributed by atoms with Crippen LogP contribution in [0.15, 0.2) is 0 Å². The Labute approximate surface area is 102 Å². The number of anilines is 1. The van der Waals surface area contributed by atoms with E-state index in [1.807, 2.05) is 4.68 Å². The maximum Gasteiger partial charge on any atom is 0.169 e. The van der Waals surface area contributed by atoms with E-state index in [1.165, 1.54) is 50.9 Å². The predicted molar refractivity (Wildman–Crippen MR) is 66.7 cm³/mol. The number of piperidine rings is 1. The highest BCUT2D eigenvalue weighted by molar-refractivity contribution is 5.38. The lowest BCUT2D eigenvalue weighted by Crippen LogP contribution is -2.33. The van der Waals surface area contributed by atoms with Gasteiger partial charge in [-0.2, -0.15) is 0 Å². The summed E-state index contributed by atoms with van der Waals surface area (Å²) in [6.45, 7) is 4.50. The summed E-state index contributed by atoms with van der Waals surface area (Å²) in [4.78, 5) is 2.53. The molecule has 17 heavy (non-hydrogen) atoms. The van der Waals surface area contributed by atoms with E-state index < -0.39 is 0 Å². The molecule has 5 nitrogen and oxygen atoms in total. The molecule has 94 valence electrons. The van der Waals surface area contributed by atoms with Crippen LogP contribution in [0.3, 0.4) is 0 Å². The van der Waals surface area contributed by atoms with E-state index in [1.54, 1.807) is 0 Å². The minimum Gasteiger partial charge on any atom is -0.381 e. The zero-order valence-electron chi connectivity index (χ0n) is 10.3. The molecule has 2 N–H and O–H groups in total. The number of nitrogens with two attached hydrogens (primary N) is 1. The van der Waals surface area contributed by atoms with Crippen molar-refractivity contribution in [2.75, 3.05) is 25.4 Å². The number of rotatable bonds is 4. The highest BCUT2D eigenvalue weighted by Crippen LogP contribution is 2.41. The highest BCUT2D eigenvalue weighted by Gasteiger charge is 2.30. The summed E-state index contributed by atoms with van der Waals surface area (Å²) in [6, 6.07) is 0. The van der Waals surface area contributed by atoms with Gasteiger partial charge in [0.25, 0.3) is 0 Å². The fraction of sp³-hybridized carbons (Fsp3) is 0.833. The molecule has 1 aromatic rings. The minimum absolute atomic E-state index is 0.631. The molecule has 1 saturated carbocycles. The van der Waals surface area contributed by atoms with Gasteiger partial charge in [0.1, 0.15) is 0 Å². The quantitative estimate of drug-likeness (QED) is 0.852. The van der Waals surface area contributed by atoms with Gasteiger partial charge in [-0.1, -0.05) is 11.6 Å². The molecule has 1 aliphatic carbocycles. The summed E-state index contributed by atoms with van der Waals surface area (Å²) in [5, 5.41) is 8.19. The SMILES string of the molecule is Nc1nnn(CCN2CCCCC2)c1C1CC1. The fourth-order valence-corrected chi connectivity index (χ4v) is 2.69. The van der Waals surface area contributed by atoms with Gasteiger partial charge in [0.2, 0.25) is 0 Å². The molecule has 1 saturated heterocycles. The molecule has 0 bridgehead atoms. The molecular weight excluding hydrogens is 214 g/mol. The average molecular weight is 235 g/mol. The lowest BCUT2D eigenvalue weighted by molar-refractivity contribution is 0.216. The molecule has 0 atom stereocenters. The largest absolute Gasteiger partial charge is 0.381 e. The normalized spacial score (nSPS) is 21.9. The first kappa shape index (κ1) is 11.0. The third-order valence-corrected chi connectivity index (χ3v) is 3.84. The van der Waals surface area contributed by atoms with E-state index in [0.29, 0.717) is 11.7 Å². The zero-order valence-corrected chi connectivity index (χ0v) is 10.3. The Hall–Kier alpha value is -1.10. The van der Waals surface area contributed by atoms with Gasteiger partial charge in [-0.3, -0.25) is 0 Å². The second kappa shape index (κ2) is 4.64. The Kier molecular flexibility index (Phi) is 3.01. The number of nitrogens with zero attached hydrogens (tertiary/aromatic N) is 4. The molecule has 5 heteroatoms. The second-order valence-corrected chi connectivity index (χ2v) is 5.26. The van der Waals surface area contributed by atoms with Crippen molar-refractivity contribution in [3.63, 3.8) is 0 Å². The maximum absolute atomic E-state index is 5.88. The molecule has 0 spiro atoms. The average Bonchev–Trinajstić information content (AvgIpc) is 3.12. The molecule has 2 heterocycles. The third kappa shape index (κ3) is 2.44. The highest BCUT2D eigenvalue weighted by atomic mass is 15.5. The van der Waals surface area contributed by atoms with Crippen LogP contribution in [0.4, 0.5) is 5.82 Å². The van der Waals surface area contributed by atoms with Crippen LogP contribution in [0.2, 0.25) is 0 Å². The van der Waals surface area contributed by atoms with Crippen molar-refractivity contribution in [1.82, 2.24) is 19.9 Å². The van der Waals surface area contributed by atoms with Gasteiger partial charge in [-0.25, -0.2) is 4.68 Å². The third-order valence-electron chi connectivity index (χ3n) is 3.84. The molecule has 1 aromatic heterocycles. The van der Waals surface area contributed by atoms with Crippen molar-refractivity contribution >= 4 is 5.82 Å². The number of hydrogen-bond acceptors (Lipinski definition) is 4. The van der Waals surface area contributed by atoms with Crippen LogP contribution in [0.25, 0.3) is 0 Å². The molecule has 3 rings (SSSR count). The Morgan fingerprint density at radius 2 is 1.88 bits per heavy atom. The molecule has 2 aliphatic rings. The number of nitrogen functional groups attached to an aromatic ring is 1. The number of likely N-dealkylation sites (tertiary alicyclic amines) is 1. The summed E-state index contributed by atoms with van der Waals surface area (Å²) in [7, 11) is 0. The summed E-state index contributed by atoms with van der Waals surface area (Å²) >= 11 is 0. The van der Waals surface area contributed by atoms with Gasteiger partial charge in [0, 0.05) is 12.5 Å². The Morgan fingerprint density at radius 1 is 1.12 bits per heavy atom. The predicted octanol–water partition coefficient (Wildman–Crippen LogP) is 1.22. The molecule has 0 radical (unpaired) electrons. The van der Waals surface area contributed by atoms with Crippen molar-refractivity contribution in [2.45, 2.75) is 44.6 Å². The van der Waals surface area contributed by atoms with Crippen LogP contribution >= 0.6 is 0 Å². The Bertz CT molecular complexity index is 376. The van der Waals surface area contributed by atoms with Gasteiger partial charge in [-0.05, 0) is 38.8 Å². The van der Waals surface area contributed by atoms with Gasteiger partial charge in [-0.15, -0.1) is 5.10 Å². The monoisotopic (exact) mass is 235 g/mol. The Balaban J connectivity index is 1.60. The maximum atomic E-state index is 5.88. The van der Waals surface area contributed by atoms with Crippen LogP contribution in [-0.2, 0) is 6.54 Å². The fourth-order valence-electron chi connectivity index (χ4n) is 2.69. The lowest BCUT2D eigenvalue weighted by atomic mass is 10.1. The van der Waals surface area contributed by atoms with Crippen LogP contribution in [0.5, 0.6) is 0 Å². The summed E-state index contributed by atoms with van der Waals surface area (Å²) in [6.07, 6.45) is 6.58. The first-order chi connectivity index (χ1) is 8.34.